The van der Waals surface area contributed by atoms with Crippen molar-refractivity contribution in [2.24, 2.45) is 10.9 Å². The predicted octanol–water partition coefficient (Wildman–Crippen LogP) is 1.89. The summed E-state index contributed by atoms with van der Waals surface area (Å²) in [6.45, 7) is 4.92. The Bertz CT molecular complexity index is 492. The molecule has 0 spiro atoms. The highest BCUT2D eigenvalue weighted by atomic mass is 16.5. The van der Waals surface area contributed by atoms with Crippen LogP contribution in [-0.2, 0) is 4.79 Å². The number of hydrogen-bond donors (Lipinski definition) is 1. The van der Waals surface area contributed by atoms with E-state index in [2.05, 4.69) is 10.2 Å². The number of Topliss-reactive ketones (excluding diaryl/α,β-unsaturated/α-hetero) is 1. The summed E-state index contributed by atoms with van der Waals surface area (Å²) in [6.07, 6.45) is 2.70. The van der Waals surface area contributed by atoms with Crippen LogP contribution in [0.25, 0.3) is 5.57 Å². The Kier molecular flexibility index (Phi) is 4.74. The first kappa shape index (κ1) is 14.8. The van der Waals surface area contributed by atoms with E-state index >= 15 is 0 Å². The molecule has 6 nitrogen and oxygen atoms in total. The van der Waals surface area contributed by atoms with E-state index in [1.165, 1.54) is 19.3 Å². The minimum absolute atomic E-state index is 0.157. The highest BCUT2D eigenvalue weighted by molar-refractivity contribution is 6.18. The van der Waals surface area contributed by atoms with Crippen molar-refractivity contribution in [1.82, 2.24) is 4.98 Å². The number of ether oxygens (including phenoxy) is 1. The Labute approximate surface area is 111 Å². The topological polar surface area (TPSA) is 94.6 Å². The molecule has 0 aromatic carbocycles. The van der Waals surface area contributed by atoms with Crippen molar-refractivity contribution in [2.45, 2.75) is 26.3 Å². The number of pyridine rings is 1. The molecule has 0 aliphatic rings. The third-order valence-electron chi connectivity index (χ3n) is 2.40. The molecular formula is C13H17N3O3. The summed E-state index contributed by atoms with van der Waals surface area (Å²) in [6, 6.07) is 3.30. The first-order valence-corrected chi connectivity index (χ1v) is 5.76. The molecule has 0 radical (unpaired) electrons. The lowest BCUT2D eigenvalue weighted by Gasteiger charge is -2.15. The van der Waals surface area contributed by atoms with Gasteiger partial charge in [0.2, 0.25) is 0 Å². The predicted molar refractivity (Wildman–Crippen MR) is 72.5 cm³/mol. The Balaban J connectivity index is 2.77. The number of rotatable bonds is 6. The SMILES string of the molecule is CC(=O)C(=CN)c1ccc(OCC(C)(C)N=O)cn1. The average Bonchev–Trinajstić information content (AvgIpc) is 2.38. The van der Waals surface area contributed by atoms with E-state index in [9.17, 15) is 9.70 Å². The van der Waals surface area contributed by atoms with Crippen molar-refractivity contribution in [3.8, 4) is 5.75 Å². The van der Waals surface area contributed by atoms with Crippen LogP contribution in [0.2, 0.25) is 0 Å². The van der Waals surface area contributed by atoms with Crippen molar-refractivity contribution < 1.29 is 9.53 Å². The molecule has 2 N–H and O–H groups in total. The molecule has 0 amide bonds. The molecule has 0 saturated heterocycles. The van der Waals surface area contributed by atoms with Gasteiger partial charge in [-0.3, -0.25) is 9.78 Å². The largest absolute Gasteiger partial charge is 0.489 e. The standard InChI is InChI=1S/C13H17N3O3/c1-9(17)11(6-14)12-5-4-10(7-15-12)19-8-13(2,3)16-18/h4-7H,8,14H2,1-3H3. The number of nitrogens with zero attached hydrogens (tertiary/aromatic N) is 2. The van der Waals surface area contributed by atoms with Crippen LogP contribution in [0.4, 0.5) is 0 Å². The van der Waals surface area contributed by atoms with E-state index in [1.807, 2.05) is 0 Å². The second-order valence-electron chi connectivity index (χ2n) is 4.71. The van der Waals surface area contributed by atoms with Crippen molar-refractivity contribution in [3.05, 3.63) is 35.1 Å². The Morgan fingerprint density at radius 1 is 1.53 bits per heavy atom. The highest BCUT2D eigenvalue weighted by Crippen LogP contribution is 2.17. The zero-order chi connectivity index (χ0) is 14.5. The van der Waals surface area contributed by atoms with E-state index in [0.29, 0.717) is 17.0 Å². The van der Waals surface area contributed by atoms with Gasteiger partial charge in [-0.25, -0.2) is 0 Å². The van der Waals surface area contributed by atoms with Crippen LogP contribution in [0.15, 0.2) is 29.7 Å². The monoisotopic (exact) mass is 263 g/mol. The van der Waals surface area contributed by atoms with Gasteiger partial charge in [0.25, 0.3) is 0 Å². The fourth-order valence-corrected chi connectivity index (χ4v) is 1.29. The molecule has 0 aliphatic heterocycles. The highest BCUT2D eigenvalue weighted by Gasteiger charge is 2.19. The molecule has 1 rings (SSSR count). The van der Waals surface area contributed by atoms with Gasteiger partial charge < -0.3 is 10.5 Å². The number of allylic oxidation sites excluding steroid dienone is 1. The summed E-state index contributed by atoms with van der Waals surface area (Å²) in [7, 11) is 0. The summed E-state index contributed by atoms with van der Waals surface area (Å²) < 4.78 is 5.40. The van der Waals surface area contributed by atoms with Crippen molar-refractivity contribution >= 4 is 11.4 Å². The van der Waals surface area contributed by atoms with Crippen LogP contribution < -0.4 is 10.5 Å². The molecular weight excluding hydrogens is 246 g/mol. The fraction of sp³-hybridized carbons (Fsp3) is 0.385. The van der Waals surface area contributed by atoms with Gasteiger partial charge in [-0.15, -0.1) is 0 Å². The smallest absolute Gasteiger partial charge is 0.163 e. The van der Waals surface area contributed by atoms with Gasteiger partial charge in [0.1, 0.15) is 17.9 Å². The van der Waals surface area contributed by atoms with E-state index in [4.69, 9.17) is 10.5 Å². The maximum atomic E-state index is 11.3. The Morgan fingerprint density at radius 2 is 2.21 bits per heavy atom. The molecule has 0 aliphatic carbocycles. The number of nitrogens with two attached hydrogens (primary N) is 1. The number of ketones is 1. The summed E-state index contributed by atoms with van der Waals surface area (Å²) >= 11 is 0. The first-order valence-electron chi connectivity index (χ1n) is 5.76. The summed E-state index contributed by atoms with van der Waals surface area (Å²) in [5.74, 6) is 0.343. The molecule has 1 aromatic rings. The van der Waals surface area contributed by atoms with Crippen LogP contribution >= 0.6 is 0 Å². The summed E-state index contributed by atoms with van der Waals surface area (Å²) in [5.41, 5.74) is 5.42. The average molecular weight is 263 g/mol. The normalized spacial score (nSPS) is 12.1. The molecule has 1 heterocycles. The van der Waals surface area contributed by atoms with Gasteiger partial charge in [-0.2, -0.15) is 4.91 Å². The second-order valence-corrected chi connectivity index (χ2v) is 4.71. The van der Waals surface area contributed by atoms with E-state index in [0.717, 1.165) is 0 Å². The van der Waals surface area contributed by atoms with Gasteiger partial charge >= 0.3 is 0 Å². The van der Waals surface area contributed by atoms with Crippen LogP contribution in [0.5, 0.6) is 5.75 Å². The third kappa shape index (κ3) is 4.17. The van der Waals surface area contributed by atoms with E-state index in [-0.39, 0.29) is 12.4 Å². The lowest BCUT2D eigenvalue weighted by molar-refractivity contribution is -0.111. The molecule has 0 unspecified atom stereocenters. The van der Waals surface area contributed by atoms with Crippen LogP contribution in [0.3, 0.4) is 0 Å². The molecule has 0 bridgehead atoms. The number of hydrogen-bond acceptors (Lipinski definition) is 6. The third-order valence-corrected chi connectivity index (χ3v) is 2.40. The summed E-state index contributed by atoms with van der Waals surface area (Å²) in [5, 5.41) is 2.95. The molecule has 0 saturated carbocycles. The Morgan fingerprint density at radius 3 is 2.63 bits per heavy atom. The van der Waals surface area contributed by atoms with Crippen LogP contribution in [-0.4, -0.2) is 22.9 Å². The van der Waals surface area contributed by atoms with Crippen molar-refractivity contribution in [1.29, 1.82) is 0 Å². The Hall–Kier alpha value is -2.24. The lowest BCUT2D eigenvalue weighted by Crippen LogP contribution is -2.25. The van der Waals surface area contributed by atoms with Gasteiger partial charge in [0.05, 0.1) is 17.5 Å². The maximum Gasteiger partial charge on any atom is 0.163 e. The van der Waals surface area contributed by atoms with Gasteiger partial charge in [-0.05, 0) is 32.9 Å². The zero-order valence-corrected chi connectivity index (χ0v) is 11.2. The minimum Gasteiger partial charge on any atom is -0.489 e. The van der Waals surface area contributed by atoms with E-state index in [1.54, 1.807) is 26.0 Å². The number of carbonyl (C=O) groups excluding carboxylic acids is 1. The molecule has 0 fully saturated rings. The van der Waals surface area contributed by atoms with Crippen molar-refractivity contribution in [3.63, 3.8) is 0 Å². The quantitative estimate of drug-likeness (QED) is 0.624. The zero-order valence-electron chi connectivity index (χ0n) is 11.2. The number of nitroso groups, excluding NO2 is 1. The van der Waals surface area contributed by atoms with Gasteiger partial charge in [0, 0.05) is 6.20 Å². The maximum absolute atomic E-state index is 11.3. The van der Waals surface area contributed by atoms with Crippen LogP contribution in [0, 0.1) is 4.91 Å². The first-order chi connectivity index (χ1) is 8.89. The molecule has 1 aromatic heterocycles. The van der Waals surface area contributed by atoms with Gasteiger partial charge in [-0.1, -0.05) is 5.18 Å². The number of aromatic nitrogens is 1. The van der Waals surface area contributed by atoms with E-state index < -0.39 is 5.54 Å². The van der Waals surface area contributed by atoms with Crippen molar-refractivity contribution in [2.75, 3.05) is 6.61 Å². The number of carbonyl (C=O) groups is 1. The fourth-order valence-electron chi connectivity index (χ4n) is 1.29. The summed E-state index contributed by atoms with van der Waals surface area (Å²) in [4.78, 5) is 25.9. The minimum atomic E-state index is -0.791. The second kappa shape index (κ2) is 6.08. The molecule has 19 heavy (non-hydrogen) atoms. The molecule has 6 heteroatoms. The lowest BCUT2D eigenvalue weighted by atomic mass is 10.1. The molecule has 0 atom stereocenters. The molecule has 102 valence electrons. The van der Waals surface area contributed by atoms with Gasteiger partial charge in [0.15, 0.2) is 5.78 Å². The van der Waals surface area contributed by atoms with Crippen LogP contribution in [0.1, 0.15) is 26.5 Å².